The van der Waals surface area contributed by atoms with Crippen molar-refractivity contribution in [3.05, 3.63) is 83.6 Å². The molecule has 0 aliphatic heterocycles. The monoisotopic (exact) mass is 403 g/mol. The van der Waals surface area contributed by atoms with Crippen LogP contribution in [0.5, 0.6) is 5.75 Å². The highest BCUT2D eigenvalue weighted by Gasteiger charge is 2.17. The van der Waals surface area contributed by atoms with Crippen LogP contribution in [0.25, 0.3) is 22.9 Å². The third-order valence-corrected chi connectivity index (χ3v) is 4.90. The summed E-state index contributed by atoms with van der Waals surface area (Å²) in [6.45, 7) is 4.02. The van der Waals surface area contributed by atoms with Gasteiger partial charge in [0.15, 0.2) is 0 Å². The Balaban J connectivity index is 1.70. The molecule has 1 amide bonds. The van der Waals surface area contributed by atoms with Gasteiger partial charge in [-0.3, -0.25) is 4.79 Å². The van der Waals surface area contributed by atoms with Gasteiger partial charge in [0, 0.05) is 5.56 Å². The summed E-state index contributed by atoms with van der Waals surface area (Å²) in [6.07, 6.45) is 1.66. The van der Waals surface area contributed by atoms with Gasteiger partial charge in [0.05, 0.1) is 16.1 Å². The molecular formula is C22H17N3O3S. The first-order valence-corrected chi connectivity index (χ1v) is 9.74. The van der Waals surface area contributed by atoms with Crippen molar-refractivity contribution in [2.75, 3.05) is 11.9 Å². The van der Waals surface area contributed by atoms with Gasteiger partial charge >= 0.3 is 0 Å². The fraction of sp³-hybridized carbons (Fsp3) is 0.0455. The molecule has 2 aromatic heterocycles. The summed E-state index contributed by atoms with van der Waals surface area (Å²) in [4.78, 5) is 13.1. The van der Waals surface area contributed by atoms with E-state index in [0.717, 1.165) is 5.56 Å². The van der Waals surface area contributed by atoms with Crippen molar-refractivity contribution in [1.29, 1.82) is 0 Å². The zero-order chi connectivity index (χ0) is 20.1. The largest absolute Gasteiger partial charge is 0.490 e. The number of carbonyl (C=O) groups excluding carboxylic acids is 1. The minimum absolute atomic E-state index is 0.205. The van der Waals surface area contributed by atoms with Gasteiger partial charge < -0.3 is 14.5 Å². The summed E-state index contributed by atoms with van der Waals surface area (Å²) >= 11 is 1.37. The predicted octanol–water partition coefficient (Wildman–Crippen LogP) is 5.28. The van der Waals surface area contributed by atoms with Crippen molar-refractivity contribution in [1.82, 2.24) is 10.2 Å². The first-order valence-electron chi connectivity index (χ1n) is 8.86. The summed E-state index contributed by atoms with van der Waals surface area (Å²) in [5, 5.41) is 13.1. The van der Waals surface area contributed by atoms with E-state index in [0.29, 0.717) is 34.4 Å². The van der Waals surface area contributed by atoms with E-state index in [4.69, 9.17) is 9.15 Å². The molecule has 0 radical (unpaired) electrons. The average Bonchev–Trinajstić information content (AvgIpc) is 3.46. The lowest BCUT2D eigenvalue weighted by Crippen LogP contribution is -2.11. The number of anilines is 1. The van der Waals surface area contributed by atoms with E-state index in [9.17, 15) is 4.79 Å². The van der Waals surface area contributed by atoms with Crippen molar-refractivity contribution >= 4 is 22.9 Å². The maximum absolute atomic E-state index is 12.5. The van der Waals surface area contributed by atoms with E-state index < -0.39 is 0 Å². The molecule has 0 aliphatic rings. The zero-order valence-corrected chi connectivity index (χ0v) is 16.2. The number of hydrogen-bond acceptors (Lipinski definition) is 6. The molecular weight excluding hydrogens is 386 g/mol. The second-order valence-corrected chi connectivity index (χ2v) is 6.96. The van der Waals surface area contributed by atoms with Gasteiger partial charge in [-0.2, -0.15) is 0 Å². The minimum atomic E-state index is -0.205. The smallest absolute Gasteiger partial charge is 0.265 e. The molecule has 0 saturated heterocycles. The molecule has 1 N–H and O–H groups in total. The molecule has 0 saturated carbocycles. The van der Waals surface area contributed by atoms with Crippen LogP contribution in [-0.2, 0) is 0 Å². The average molecular weight is 403 g/mol. The molecule has 0 unspecified atom stereocenters. The van der Waals surface area contributed by atoms with Crippen LogP contribution >= 0.6 is 11.3 Å². The summed E-state index contributed by atoms with van der Waals surface area (Å²) in [7, 11) is 0. The van der Waals surface area contributed by atoms with Crippen molar-refractivity contribution in [2.24, 2.45) is 0 Å². The van der Waals surface area contributed by atoms with E-state index in [-0.39, 0.29) is 11.8 Å². The molecule has 29 heavy (non-hydrogen) atoms. The van der Waals surface area contributed by atoms with Crippen LogP contribution in [0.15, 0.2) is 83.1 Å². The summed E-state index contributed by atoms with van der Waals surface area (Å²) < 4.78 is 11.5. The number of ether oxygens (including phenoxy) is 1. The molecule has 0 spiro atoms. The number of nitrogens with zero attached hydrogens (tertiary/aromatic N) is 2. The van der Waals surface area contributed by atoms with Crippen LogP contribution in [0.2, 0.25) is 0 Å². The Kier molecular flexibility index (Phi) is 5.49. The van der Waals surface area contributed by atoms with Crippen LogP contribution in [-0.4, -0.2) is 22.7 Å². The summed E-state index contributed by atoms with van der Waals surface area (Å²) in [5.74, 6) is 1.08. The second-order valence-electron chi connectivity index (χ2n) is 6.02. The molecule has 0 atom stereocenters. The van der Waals surface area contributed by atoms with Gasteiger partial charge in [-0.05, 0) is 41.8 Å². The standard InChI is InChI=1S/C22H17N3O3S/c1-2-12-27-16-10-11-18(23-20(26)19-9-6-13-29-19)17(14-16)22-25-24-21(28-22)15-7-4-3-5-8-15/h2-11,13-14H,1,12H2,(H,23,26). The maximum atomic E-state index is 12.5. The summed E-state index contributed by atoms with van der Waals surface area (Å²) in [6, 6.07) is 18.4. The lowest BCUT2D eigenvalue weighted by molar-refractivity contribution is 0.103. The quantitative estimate of drug-likeness (QED) is 0.425. The Morgan fingerprint density at radius 1 is 1.10 bits per heavy atom. The van der Waals surface area contributed by atoms with Crippen LogP contribution in [0.1, 0.15) is 9.67 Å². The number of carbonyl (C=O) groups is 1. The lowest BCUT2D eigenvalue weighted by atomic mass is 10.1. The van der Waals surface area contributed by atoms with Gasteiger partial charge in [0.2, 0.25) is 11.8 Å². The number of rotatable bonds is 7. The van der Waals surface area contributed by atoms with E-state index in [1.54, 1.807) is 30.3 Å². The third kappa shape index (κ3) is 4.25. The Bertz CT molecular complexity index is 1120. The highest BCUT2D eigenvalue weighted by Crippen LogP contribution is 2.33. The fourth-order valence-electron chi connectivity index (χ4n) is 2.68. The first-order chi connectivity index (χ1) is 14.2. The number of benzene rings is 2. The fourth-order valence-corrected chi connectivity index (χ4v) is 3.29. The molecule has 2 aromatic carbocycles. The normalized spacial score (nSPS) is 10.5. The highest BCUT2D eigenvalue weighted by molar-refractivity contribution is 7.12. The maximum Gasteiger partial charge on any atom is 0.265 e. The third-order valence-electron chi connectivity index (χ3n) is 4.03. The van der Waals surface area contributed by atoms with E-state index >= 15 is 0 Å². The predicted molar refractivity (Wildman–Crippen MR) is 113 cm³/mol. The lowest BCUT2D eigenvalue weighted by Gasteiger charge is -2.11. The topological polar surface area (TPSA) is 77.2 Å². The van der Waals surface area contributed by atoms with Gasteiger partial charge in [0.1, 0.15) is 12.4 Å². The number of amides is 1. The molecule has 4 rings (SSSR count). The molecule has 144 valence electrons. The van der Waals surface area contributed by atoms with Crippen LogP contribution in [0.3, 0.4) is 0 Å². The van der Waals surface area contributed by atoms with Crippen molar-refractivity contribution in [3.8, 4) is 28.7 Å². The Morgan fingerprint density at radius 3 is 2.69 bits per heavy atom. The molecule has 0 bridgehead atoms. The van der Waals surface area contributed by atoms with E-state index in [1.165, 1.54) is 11.3 Å². The summed E-state index contributed by atoms with van der Waals surface area (Å²) in [5.41, 5.74) is 1.94. The highest BCUT2D eigenvalue weighted by atomic mass is 32.1. The number of aromatic nitrogens is 2. The molecule has 0 aliphatic carbocycles. The van der Waals surface area contributed by atoms with Gasteiger partial charge in [-0.25, -0.2) is 0 Å². The first kappa shape index (κ1) is 18.6. The van der Waals surface area contributed by atoms with E-state index in [2.05, 4.69) is 22.1 Å². The molecule has 6 nitrogen and oxygen atoms in total. The van der Waals surface area contributed by atoms with Crippen molar-refractivity contribution in [3.63, 3.8) is 0 Å². The second kappa shape index (κ2) is 8.53. The van der Waals surface area contributed by atoms with Crippen molar-refractivity contribution in [2.45, 2.75) is 0 Å². The Morgan fingerprint density at radius 2 is 1.93 bits per heavy atom. The molecule has 2 heterocycles. The Hall–Kier alpha value is -3.71. The SMILES string of the molecule is C=CCOc1ccc(NC(=O)c2cccs2)c(-c2nnc(-c3ccccc3)o2)c1. The van der Waals surface area contributed by atoms with Gasteiger partial charge in [-0.1, -0.05) is 36.9 Å². The minimum Gasteiger partial charge on any atom is -0.490 e. The number of nitrogens with one attached hydrogen (secondary N) is 1. The van der Waals surface area contributed by atoms with Crippen molar-refractivity contribution < 1.29 is 13.9 Å². The molecule has 7 heteroatoms. The van der Waals surface area contributed by atoms with E-state index in [1.807, 2.05) is 41.8 Å². The Labute approximate surface area is 171 Å². The van der Waals surface area contributed by atoms with Gasteiger partial charge in [0.25, 0.3) is 5.91 Å². The zero-order valence-electron chi connectivity index (χ0n) is 15.4. The van der Waals surface area contributed by atoms with Crippen LogP contribution in [0, 0.1) is 0 Å². The number of thiophene rings is 1. The molecule has 0 fully saturated rings. The van der Waals surface area contributed by atoms with Crippen LogP contribution in [0.4, 0.5) is 5.69 Å². The van der Waals surface area contributed by atoms with Crippen LogP contribution < -0.4 is 10.1 Å². The van der Waals surface area contributed by atoms with Gasteiger partial charge in [-0.15, -0.1) is 21.5 Å². The number of hydrogen-bond donors (Lipinski definition) is 1. The molecule has 4 aromatic rings.